The van der Waals surface area contributed by atoms with Gasteiger partial charge in [-0.25, -0.2) is 0 Å². The first-order chi connectivity index (χ1) is 15.5. The van der Waals surface area contributed by atoms with E-state index in [4.69, 9.17) is 4.74 Å². The van der Waals surface area contributed by atoms with Gasteiger partial charge in [0, 0.05) is 43.0 Å². The van der Waals surface area contributed by atoms with E-state index in [-0.39, 0.29) is 16.8 Å². The summed E-state index contributed by atoms with van der Waals surface area (Å²) < 4.78 is 7.32. The van der Waals surface area contributed by atoms with E-state index in [1.165, 1.54) is 0 Å². The predicted molar refractivity (Wildman–Crippen MR) is 131 cm³/mol. The standard InChI is InChI=1S/C25H34N6O2/c1-24(2)12-18(13-25(3,4)29-24)31(6)22-9-8-19(27-28-22)23-20(32)10-16(11-21(23)33-7)17-14-26-30(5)15-17/h8-11,14-15,18,29,32H,12-13H2,1-7H3. The summed E-state index contributed by atoms with van der Waals surface area (Å²) in [5, 5.41) is 27.7. The highest BCUT2D eigenvalue weighted by Gasteiger charge is 2.39. The van der Waals surface area contributed by atoms with E-state index in [1.807, 2.05) is 31.4 Å². The van der Waals surface area contributed by atoms with Crippen molar-refractivity contribution >= 4 is 5.82 Å². The molecule has 1 aromatic carbocycles. The van der Waals surface area contributed by atoms with E-state index in [0.29, 0.717) is 23.0 Å². The Morgan fingerprint density at radius 1 is 1.09 bits per heavy atom. The van der Waals surface area contributed by atoms with E-state index < -0.39 is 0 Å². The third-order valence-corrected chi connectivity index (χ3v) is 6.32. The van der Waals surface area contributed by atoms with E-state index in [9.17, 15) is 5.11 Å². The predicted octanol–water partition coefficient (Wildman–Crippen LogP) is 4.00. The number of nitrogens with zero attached hydrogens (tertiary/aromatic N) is 5. The van der Waals surface area contributed by atoms with Crippen molar-refractivity contribution in [3.63, 3.8) is 0 Å². The third-order valence-electron chi connectivity index (χ3n) is 6.32. The third kappa shape index (κ3) is 4.80. The maximum absolute atomic E-state index is 10.8. The first-order valence-electron chi connectivity index (χ1n) is 11.2. The maximum atomic E-state index is 10.8. The molecule has 3 aromatic rings. The lowest BCUT2D eigenvalue weighted by Gasteiger charge is -2.49. The van der Waals surface area contributed by atoms with Crippen molar-refractivity contribution in [1.29, 1.82) is 0 Å². The minimum Gasteiger partial charge on any atom is -0.507 e. The van der Waals surface area contributed by atoms with Crippen molar-refractivity contribution in [3.8, 4) is 33.9 Å². The van der Waals surface area contributed by atoms with Crippen molar-refractivity contribution in [1.82, 2.24) is 25.3 Å². The van der Waals surface area contributed by atoms with Gasteiger partial charge in [0.25, 0.3) is 0 Å². The zero-order chi connectivity index (χ0) is 24.0. The molecule has 3 heterocycles. The van der Waals surface area contributed by atoms with Crippen LogP contribution in [0.3, 0.4) is 0 Å². The second-order valence-electron chi connectivity index (χ2n) is 10.3. The van der Waals surface area contributed by atoms with Crippen molar-refractivity contribution in [2.75, 3.05) is 19.1 Å². The molecule has 1 aliphatic rings. The second-order valence-corrected chi connectivity index (χ2v) is 10.3. The number of aromatic nitrogens is 4. The zero-order valence-corrected chi connectivity index (χ0v) is 20.5. The number of piperidine rings is 1. The van der Waals surface area contributed by atoms with Crippen LogP contribution in [0.15, 0.2) is 36.7 Å². The molecule has 2 N–H and O–H groups in total. The highest BCUT2D eigenvalue weighted by atomic mass is 16.5. The summed E-state index contributed by atoms with van der Waals surface area (Å²) in [7, 11) is 5.52. The molecule has 0 atom stereocenters. The van der Waals surface area contributed by atoms with Crippen LogP contribution in [0.1, 0.15) is 40.5 Å². The lowest BCUT2D eigenvalue weighted by molar-refractivity contribution is 0.160. The van der Waals surface area contributed by atoms with Gasteiger partial charge in [0.2, 0.25) is 0 Å². The highest BCUT2D eigenvalue weighted by molar-refractivity contribution is 5.80. The van der Waals surface area contributed by atoms with Crippen LogP contribution in [-0.2, 0) is 7.05 Å². The monoisotopic (exact) mass is 450 g/mol. The van der Waals surface area contributed by atoms with Crippen molar-refractivity contribution in [3.05, 3.63) is 36.7 Å². The summed E-state index contributed by atoms with van der Waals surface area (Å²) in [6.07, 6.45) is 5.67. The zero-order valence-electron chi connectivity index (χ0n) is 20.5. The Labute approximate surface area is 195 Å². The summed E-state index contributed by atoms with van der Waals surface area (Å²) in [4.78, 5) is 2.21. The van der Waals surface area contributed by atoms with Gasteiger partial charge in [-0.15, -0.1) is 10.2 Å². The molecule has 0 saturated carbocycles. The van der Waals surface area contributed by atoms with Gasteiger partial charge in [0.15, 0.2) is 5.82 Å². The molecule has 1 saturated heterocycles. The molecule has 8 nitrogen and oxygen atoms in total. The number of ether oxygens (including phenoxy) is 1. The van der Waals surface area contributed by atoms with E-state index >= 15 is 0 Å². The van der Waals surface area contributed by atoms with Crippen molar-refractivity contribution in [2.45, 2.75) is 57.7 Å². The minimum absolute atomic E-state index is 0.0449. The highest BCUT2D eigenvalue weighted by Crippen LogP contribution is 2.41. The van der Waals surface area contributed by atoms with Crippen molar-refractivity contribution in [2.24, 2.45) is 7.05 Å². The molecule has 1 fully saturated rings. The van der Waals surface area contributed by atoms with Gasteiger partial charge in [-0.05, 0) is 70.4 Å². The maximum Gasteiger partial charge on any atom is 0.151 e. The minimum atomic E-state index is 0.0449. The Kier molecular flexibility index (Phi) is 5.82. The molecule has 1 aliphatic heterocycles. The lowest BCUT2D eigenvalue weighted by Crippen LogP contribution is -2.62. The Morgan fingerprint density at radius 2 is 1.79 bits per heavy atom. The average Bonchev–Trinajstić information content (AvgIpc) is 3.17. The van der Waals surface area contributed by atoms with E-state index in [1.54, 1.807) is 24.1 Å². The van der Waals surface area contributed by atoms with Gasteiger partial charge in [0.1, 0.15) is 17.2 Å². The summed E-state index contributed by atoms with van der Waals surface area (Å²) in [5.41, 5.74) is 2.89. The fraction of sp³-hybridized carbons (Fsp3) is 0.480. The number of rotatable bonds is 5. The number of phenols is 1. The quantitative estimate of drug-likeness (QED) is 0.607. The van der Waals surface area contributed by atoms with Gasteiger partial charge in [-0.1, -0.05) is 0 Å². The van der Waals surface area contributed by atoms with Crippen LogP contribution in [0.2, 0.25) is 0 Å². The normalized spacial score (nSPS) is 17.7. The molecule has 0 aliphatic carbocycles. The summed E-state index contributed by atoms with van der Waals surface area (Å²) in [6, 6.07) is 7.77. The smallest absolute Gasteiger partial charge is 0.151 e. The fourth-order valence-electron chi connectivity index (χ4n) is 5.13. The van der Waals surface area contributed by atoms with Crippen LogP contribution < -0.4 is 15.0 Å². The Balaban J connectivity index is 1.62. The summed E-state index contributed by atoms with van der Waals surface area (Å²) in [5.74, 6) is 1.43. The molecule has 4 rings (SSSR count). The van der Waals surface area contributed by atoms with Gasteiger partial charge < -0.3 is 20.1 Å². The van der Waals surface area contributed by atoms with Crippen LogP contribution in [0, 0.1) is 0 Å². The number of aromatic hydroxyl groups is 1. The molecule has 0 bridgehead atoms. The molecular formula is C25H34N6O2. The van der Waals surface area contributed by atoms with Gasteiger partial charge >= 0.3 is 0 Å². The average molecular weight is 451 g/mol. The van der Waals surface area contributed by atoms with Crippen LogP contribution in [0.5, 0.6) is 11.5 Å². The largest absolute Gasteiger partial charge is 0.507 e. The Bertz CT molecular complexity index is 1120. The molecular weight excluding hydrogens is 416 g/mol. The Hall–Kier alpha value is -3.13. The number of methoxy groups -OCH3 is 1. The molecule has 8 heteroatoms. The number of benzene rings is 1. The van der Waals surface area contributed by atoms with Gasteiger partial charge in [0.05, 0.1) is 18.9 Å². The van der Waals surface area contributed by atoms with Gasteiger partial charge in [-0.3, -0.25) is 4.68 Å². The summed E-state index contributed by atoms with van der Waals surface area (Å²) in [6.45, 7) is 8.98. The van der Waals surface area contributed by atoms with Crippen LogP contribution in [0.25, 0.3) is 22.4 Å². The molecule has 0 spiro atoms. The topological polar surface area (TPSA) is 88.3 Å². The number of anilines is 1. The number of hydrogen-bond acceptors (Lipinski definition) is 7. The first kappa shape index (κ1) is 23.0. The molecule has 33 heavy (non-hydrogen) atoms. The van der Waals surface area contributed by atoms with Crippen LogP contribution in [0.4, 0.5) is 5.82 Å². The van der Waals surface area contributed by atoms with Crippen LogP contribution in [-0.4, -0.2) is 56.4 Å². The van der Waals surface area contributed by atoms with Crippen LogP contribution >= 0.6 is 0 Å². The first-order valence-corrected chi connectivity index (χ1v) is 11.2. The molecule has 176 valence electrons. The van der Waals surface area contributed by atoms with E-state index in [0.717, 1.165) is 29.8 Å². The molecule has 2 aromatic heterocycles. The summed E-state index contributed by atoms with van der Waals surface area (Å²) >= 11 is 0. The SMILES string of the molecule is COc1cc(-c2cnn(C)c2)cc(O)c1-c1ccc(N(C)C2CC(C)(C)NC(C)(C)C2)nn1. The van der Waals surface area contributed by atoms with Crippen molar-refractivity contribution < 1.29 is 9.84 Å². The molecule has 0 radical (unpaired) electrons. The number of hydrogen-bond donors (Lipinski definition) is 2. The Morgan fingerprint density at radius 3 is 2.33 bits per heavy atom. The number of phenolic OH excluding ortho intramolecular Hbond substituents is 1. The van der Waals surface area contributed by atoms with Gasteiger partial charge in [-0.2, -0.15) is 5.10 Å². The van der Waals surface area contributed by atoms with E-state index in [2.05, 4.69) is 60.3 Å². The molecule has 0 amide bonds. The molecule has 0 unspecified atom stereocenters. The second kappa shape index (κ2) is 8.33. The fourth-order valence-corrected chi connectivity index (χ4v) is 5.13. The number of nitrogens with one attached hydrogen (secondary N) is 1. The number of aryl methyl sites for hydroxylation is 1. The lowest BCUT2D eigenvalue weighted by atomic mass is 9.79.